The fourth-order valence-corrected chi connectivity index (χ4v) is 3.32. The van der Waals surface area contributed by atoms with Crippen LogP contribution in [0.3, 0.4) is 0 Å². The van der Waals surface area contributed by atoms with Crippen LogP contribution in [-0.4, -0.2) is 60.4 Å². The fraction of sp³-hybridized carbons (Fsp3) is 1.00. The van der Waals surface area contributed by atoms with Crippen molar-refractivity contribution >= 4 is 0 Å². The quantitative estimate of drug-likeness (QED) is 0.488. The summed E-state index contributed by atoms with van der Waals surface area (Å²) < 4.78 is 27.5. The van der Waals surface area contributed by atoms with Crippen LogP contribution in [0, 0.1) is 0 Å². The second-order valence-corrected chi connectivity index (χ2v) is 4.90. The molecule has 6 nitrogen and oxygen atoms in total. The minimum Gasteiger partial charge on any atom is -0.387 e. The van der Waals surface area contributed by atoms with Gasteiger partial charge in [0.1, 0.15) is 35.6 Å². The first-order valence-corrected chi connectivity index (χ1v) is 5.19. The average Bonchev–Trinajstić information content (AvgIpc) is 3.09. The van der Waals surface area contributed by atoms with Gasteiger partial charge in [0.2, 0.25) is 0 Å². The van der Waals surface area contributed by atoms with E-state index in [0.717, 1.165) is 0 Å². The van der Waals surface area contributed by atoms with Crippen molar-refractivity contribution in [2.24, 2.45) is 0 Å². The predicted octanol–water partition coefficient (Wildman–Crippen LogP) is -1.63. The number of aliphatic hydroxyl groups excluding tert-OH is 1. The molecule has 1 saturated carbocycles. The van der Waals surface area contributed by atoms with Gasteiger partial charge in [-0.15, -0.1) is 0 Å². The normalized spacial score (nSPS) is 73.0. The van der Waals surface area contributed by atoms with Gasteiger partial charge < -0.3 is 28.8 Å². The third kappa shape index (κ3) is 0.658. The topological polar surface area (TPSA) is 73.0 Å². The summed E-state index contributed by atoms with van der Waals surface area (Å²) in [6.07, 6.45) is -1.47. The van der Waals surface area contributed by atoms with Crippen molar-refractivity contribution in [3.63, 3.8) is 0 Å². The van der Waals surface area contributed by atoms with Crippen LogP contribution in [0.15, 0.2) is 0 Å². The summed E-state index contributed by atoms with van der Waals surface area (Å²) in [6, 6.07) is 0. The molecule has 15 heavy (non-hydrogen) atoms. The second-order valence-electron chi connectivity index (χ2n) is 4.90. The zero-order chi connectivity index (χ0) is 9.84. The summed E-state index contributed by atoms with van der Waals surface area (Å²) in [5.41, 5.74) is -0.959. The molecule has 0 aromatic heterocycles. The van der Waals surface area contributed by atoms with Gasteiger partial charge in [-0.05, 0) is 0 Å². The Kier molecular flexibility index (Phi) is 1.04. The van der Waals surface area contributed by atoms with Crippen LogP contribution in [-0.2, 0) is 23.7 Å². The second kappa shape index (κ2) is 1.97. The third-order valence-corrected chi connectivity index (χ3v) is 4.19. The highest BCUT2D eigenvalue weighted by atomic mass is 16.9. The van der Waals surface area contributed by atoms with Crippen molar-refractivity contribution < 1.29 is 28.8 Å². The maximum absolute atomic E-state index is 10.1. The van der Waals surface area contributed by atoms with Gasteiger partial charge in [-0.1, -0.05) is 0 Å². The molecule has 0 aromatic rings. The Balaban J connectivity index is 1.70. The van der Waals surface area contributed by atoms with Gasteiger partial charge in [-0.3, -0.25) is 0 Å². The van der Waals surface area contributed by atoms with Crippen molar-refractivity contribution in [3.8, 4) is 0 Å². The van der Waals surface area contributed by atoms with E-state index in [0.29, 0.717) is 13.2 Å². The molecule has 6 heteroatoms. The van der Waals surface area contributed by atoms with Crippen molar-refractivity contribution in [1.82, 2.24) is 0 Å². The molecular weight excluding hydrogens is 204 g/mol. The lowest BCUT2D eigenvalue weighted by atomic mass is 9.71. The highest BCUT2D eigenvalue weighted by Crippen LogP contribution is 2.61. The summed E-state index contributed by atoms with van der Waals surface area (Å²) in [6.45, 7) is 0.492. The van der Waals surface area contributed by atoms with Crippen LogP contribution >= 0.6 is 0 Å². The highest BCUT2D eigenvalue weighted by molar-refractivity contribution is 5.29. The first-order chi connectivity index (χ1) is 7.26. The molecule has 4 bridgehead atoms. The molecule has 0 radical (unpaired) electrons. The smallest absolute Gasteiger partial charge is 0.273 e. The van der Waals surface area contributed by atoms with Gasteiger partial charge in [0.25, 0.3) is 6.48 Å². The van der Waals surface area contributed by atoms with Gasteiger partial charge in [-0.25, -0.2) is 0 Å². The van der Waals surface area contributed by atoms with Crippen molar-refractivity contribution in [2.75, 3.05) is 13.2 Å². The Morgan fingerprint density at radius 2 is 1.47 bits per heavy atom. The molecule has 4 atom stereocenters. The first-order valence-electron chi connectivity index (χ1n) is 5.19. The van der Waals surface area contributed by atoms with Gasteiger partial charge >= 0.3 is 0 Å². The predicted molar refractivity (Wildman–Crippen MR) is 41.8 cm³/mol. The van der Waals surface area contributed by atoms with Gasteiger partial charge in [0, 0.05) is 0 Å². The van der Waals surface area contributed by atoms with Crippen LogP contribution in [0.5, 0.6) is 0 Å². The lowest BCUT2D eigenvalue weighted by Crippen LogP contribution is -2.78. The molecule has 4 unspecified atom stereocenters. The van der Waals surface area contributed by atoms with Crippen LogP contribution < -0.4 is 0 Å². The van der Waals surface area contributed by atoms with E-state index >= 15 is 0 Å². The molecule has 5 heterocycles. The molecule has 0 amide bonds. The Labute approximate surface area is 85.0 Å². The molecule has 1 N–H and O–H groups in total. The SMILES string of the molecule is OC1C2OC3OC1C1(CO1)C(O3)C21CO1. The van der Waals surface area contributed by atoms with Crippen LogP contribution in [0.4, 0.5) is 0 Å². The minimum absolute atomic E-state index is 0.143. The van der Waals surface area contributed by atoms with Crippen LogP contribution in [0.2, 0.25) is 0 Å². The highest BCUT2D eigenvalue weighted by Gasteiger charge is 2.83. The zero-order valence-electron chi connectivity index (χ0n) is 7.79. The summed E-state index contributed by atoms with van der Waals surface area (Å²) in [5.74, 6) is 0. The summed E-state index contributed by atoms with van der Waals surface area (Å²) >= 11 is 0. The maximum Gasteiger partial charge on any atom is 0.273 e. The van der Waals surface area contributed by atoms with E-state index in [1.165, 1.54) is 0 Å². The lowest BCUT2D eigenvalue weighted by Gasteiger charge is -2.57. The average molecular weight is 214 g/mol. The fourth-order valence-electron chi connectivity index (χ4n) is 3.32. The lowest BCUT2D eigenvalue weighted by molar-refractivity contribution is -0.474. The third-order valence-electron chi connectivity index (χ3n) is 4.19. The van der Waals surface area contributed by atoms with E-state index < -0.39 is 23.8 Å². The molecule has 1 aliphatic carbocycles. The minimum atomic E-state index is -0.675. The van der Waals surface area contributed by atoms with Crippen molar-refractivity contribution in [2.45, 2.75) is 42.1 Å². The van der Waals surface area contributed by atoms with Gasteiger partial charge in [0.05, 0.1) is 13.2 Å². The molecular formula is C9H10O6. The number of aliphatic hydroxyl groups is 1. The summed E-state index contributed by atoms with van der Waals surface area (Å²) in [4.78, 5) is 0. The number of rotatable bonds is 0. The van der Waals surface area contributed by atoms with E-state index in [-0.39, 0.29) is 18.3 Å². The molecule has 5 saturated heterocycles. The largest absolute Gasteiger partial charge is 0.387 e. The molecule has 5 aliphatic heterocycles. The zero-order valence-corrected chi connectivity index (χ0v) is 7.79. The molecule has 6 rings (SSSR count). The van der Waals surface area contributed by atoms with Crippen molar-refractivity contribution in [3.05, 3.63) is 0 Å². The van der Waals surface area contributed by atoms with E-state index in [2.05, 4.69) is 0 Å². The molecule has 6 fully saturated rings. The monoisotopic (exact) mass is 214 g/mol. The van der Waals surface area contributed by atoms with Crippen LogP contribution in [0.25, 0.3) is 0 Å². The number of ether oxygens (including phenoxy) is 5. The molecule has 6 aliphatic rings. The molecule has 0 aromatic carbocycles. The number of epoxide rings is 2. The Morgan fingerprint density at radius 1 is 0.933 bits per heavy atom. The summed E-state index contributed by atoms with van der Waals surface area (Å²) in [7, 11) is 0. The number of hydrogen-bond donors (Lipinski definition) is 1. The van der Waals surface area contributed by atoms with E-state index in [1.54, 1.807) is 0 Å². The maximum atomic E-state index is 10.1. The van der Waals surface area contributed by atoms with E-state index in [1.807, 2.05) is 0 Å². The Bertz CT molecular complexity index is 319. The van der Waals surface area contributed by atoms with E-state index in [4.69, 9.17) is 23.7 Å². The molecule has 82 valence electrons. The Hall–Kier alpha value is -0.240. The van der Waals surface area contributed by atoms with Gasteiger partial charge in [0.15, 0.2) is 0 Å². The van der Waals surface area contributed by atoms with E-state index in [9.17, 15) is 5.11 Å². The molecule has 2 spiro atoms. The standard InChI is InChI=1S/C9H10O6/c10-3-4-8(1-11-8)6-9(2-12-9)5(3)14-7(13-4)15-6/h3-7,10H,1-2H2. The van der Waals surface area contributed by atoms with Crippen LogP contribution in [0.1, 0.15) is 0 Å². The first kappa shape index (κ1) is 7.94. The number of hydrogen-bond acceptors (Lipinski definition) is 6. The summed E-state index contributed by atoms with van der Waals surface area (Å²) in [5, 5.41) is 10.1. The van der Waals surface area contributed by atoms with Crippen molar-refractivity contribution in [1.29, 1.82) is 0 Å². The Morgan fingerprint density at radius 3 is 1.93 bits per heavy atom. The van der Waals surface area contributed by atoms with Gasteiger partial charge in [-0.2, -0.15) is 0 Å².